The van der Waals surface area contributed by atoms with Crippen molar-refractivity contribution in [3.63, 3.8) is 0 Å². The number of benzene rings is 1. The van der Waals surface area contributed by atoms with Gasteiger partial charge in [0.1, 0.15) is 0 Å². The maximum absolute atomic E-state index is 5.21. The molecule has 0 bridgehead atoms. The molecule has 0 fully saturated rings. The molecule has 0 heterocycles. The average Bonchev–Trinajstić information content (AvgIpc) is 2.42. The summed E-state index contributed by atoms with van der Waals surface area (Å²) in [4.78, 5) is 0. The second kappa shape index (κ2) is 11.1. The maximum Gasteiger partial charge on any atom is 0.163 e. The molecule has 0 saturated carbocycles. The van der Waals surface area contributed by atoms with Crippen LogP contribution in [0.25, 0.3) is 0 Å². The van der Waals surface area contributed by atoms with Crippen LogP contribution in [0.2, 0.25) is 0 Å². The largest absolute Gasteiger partial charge is 0.493 e. The average molecular weight is 241 g/mol. The molecule has 17 heavy (non-hydrogen) atoms. The lowest BCUT2D eigenvalue weighted by molar-refractivity contribution is 0.353. The number of ether oxygens (including phenoxy) is 2. The Labute approximate surface area is 106 Å². The van der Waals surface area contributed by atoms with Crippen molar-refractivity contribution >= 4 is 5.69 Å². The Morgan fingerprint density at radius 1 is 0.941 bits per heavy atom. The monoisotopic (exact) mass is 241 g/mol. The Morgan fingerprint density at radius 2 is 1.47 bits per heavy atom. The molecule has 0 saturated heterocycles. The fourth-order valence-electron chi connectivity index (χ4n) is 1.30. The van der Waals surface area contributed by atoms with E-state index in [-0.39, 0.29) is 0 Å². The van der Waals surface area contributed by atoms with Crippen LogP contribution in [0.5, 0.6) is 11.5 Å². The van der Waals surface area contributed by atoms with Gasteiger partial charge in [-0.3, -0.25) is 0 Å². The molecule has 3 heteroatoms. The summed E-state index contributed by atoms with van der Waals surface area (Å²) >= 11 is 0. The molecule has 0 unspecified atom stereocenters. The van der Waals surface area contributed by atoms with Crippen molar-refractivity contribution in [2.45, 2.75) is 34.6 Å². The van der Waals surface area contributed by atoms with Crippen molar-refractivity contribution in [1.29, 1.82) is 0 Å². The Bertz CT molecular complexity index is 299. The van der Waals surface area contributed by atoms with Gasteiger partial charge in [-0.2, -0.15) is 0 Å². The zero-order valence-corrected chi connectivity index (χ0v) is 12.5. The van der Waals surface area contributed by atoms with E-state index in [0.29, 0.717) is 0 Å². The molecular weight excluding hydrogens is 214 g/mol. The summed E-state index contributed by atoms with van der Waals surface area (Å²) in [5, 5.41) is 3.06. The highest BCUT2D eigenvalue weighted by Crippen LogP contribution is 2.33. The fourth-order valence-corrected chi connectivity index (χ4v) is 1.30. The minimum Gasteiger partial charge on any atom is -0.493 e. The van der Waals surface area contributed by atoms with E-state index in [9.17, 15) is 0 Å². The summed E-state index contributed by atoms with van der Waals surface area (Å²) in [5.74, 6) is 1.55. The molecule has 0 radical (unpaired) electrons. The lowest BCUT2D eigenvalue weighted by Crippen LogP contribution is -1.96. The maximum atomic E-state index is 5.21. The molecule has 0 spiro atoms. The summed E-state index contributed by atoms with van der Waals surface area (Å²) in [6, 6.07) is 3.92. The second-order valence-electron chi connectivity index (χ2n) is 2.78. The third-order valence-electron chi connectivity index (χ3n) is 1.95. The van der Waals surface area contributed by atoms with Gasteiger partial charge in [0.25, 0.3) is 0 Å². The van der Waals surface area contributed by atoms with Gasteiger partial charge in [-0.25, -0.2) is 0 Å². The van der Waals surface area contributed by atoms with Gasteiger partial charge in [0.2, 0.25) is 0 Å². The summed E-state index contributed by atoms with van der Waals surface area (Å²) < 4.78 is 10.4. The van der Waals surface area contributed by atoms with Crippen LogP contribution < -0.4 is 14.8 Å². The van der Waals surface area contributed by atoms with Crippen LogP contribution in [0.3, 0.4) is 0 Å². The summed E-state index contributed by atoms with van der Waals surface area (Å²) in [7, 11) is 5.15. The first-order valence-corrected chi connectivity index (χ1v) is 6.13. The van der Waals surface area contributed by atoms with Crippen LogP contribution in [0.15, 0.2) is 12.1 Å². The van der Waals surface area contributed by atoms with E-state index in [0.717, 1.165) is 22.7 Å². The quantitative estimate of drug-likeness (QED) is 0.864. The number of hydrogen-bond acceptors (Lipinski definition) is 3. The predicted octanol–water partition coefficient (Wildman–Crippen LogP) is 4.11. The first-order valence-electron chi connectivity index (χ1n) is 6.13. The third-order valence-corrected chi connectivity index (χ3v) is 1.95. The first kappa shape index (κ1) is 18.0. The predicted molar refractivity (Wildman–Crippen MR) is 76.5 cm³/mol. The molecule has 0 atom stereocenters. The highest BCUT2D eigenvalue weighted by Gasteiger charge is 2.07. The van der Waals surface area contributed by atoms with Crippen molar-refractivity contribution in [1.82, 2.24) is 0 Å². The zero-order chi connectivity index (χ0) is 13.8. The van der Waals surface area contributed by atoms with Crippen LogP contribution in [-0.4, -0.2) is 21.3 Å². The van der Waals surface area contributed by atoms with E-state index in [2.05, 4.69) is 5.32 Å². The molecule has 100 valence electrons. The highest BCUT2D eigenvalue weighted by molar-refractivity contribution is 5.58. The van der Waals surface area contributed by atoms with E-state index in [1.54, 1.807) is 14.2 Å². The van der Waals surface area contributed by atoms with Gasteiger partial charge in [0.15, 0.2) is 11.5 Å². The summed E-state index contributed by atoms with van der Waals surface area (Å²) in [5.41, 5.74) is 2.08. The molecular formula is C14H27NO2. The molecule has 0 aliphatic rings. The minimum atomic E-state index is 0.756. The smallest absolute Gasteiger partial charge is 0.163 e. The summed E-state index contributed by atoms with van der Waals surface area (Å²) in [6.07, 6.45) is 0. The lowest BCUT2D eigenvalue weighted by atomic mass is 10.2. The summed E-state index contributed by atoms with van der Waals surface area (Å²) in [6.45, 7) is 9.99. The van der Waals surface area contributed by atoms with Gasteiger partial charge in [0.05, 0.1) is 14.2 Å². The van der Waals surface area contributed by atoms with Crippen LogP contribution in [0, 0.1) is 6.92 Å². The molecule has 0 aliphatic heterocycles. The van der Waals surface area contributed by atoms with Crippen molar-refractivity contribution in [2.75, 3.05) is 26.6 Å². The number of rotatable bonds is 3. The van der Waals surface area contributed by atoms with Gasteiger partial charge < -0.3 is 14.8 Å². The molecule has 3 nitrogen and oxygen atoms in total. The van der Waals surface area contributed by atoms with Gasteiger partial charge >= 0.3 is 0 Å². The number of hydrogen-bond donors (Lipinski definition) is 1. The van der Waals surface area contributed by atoms with E-state index < -0.39 is 0 Å². The van der Waals surface area contributed by atoms with Crippen LogP contribution >= 0.6 is 0 Å². The first-order chi connectivity index (χ1) is 8.22. The van der Waals surface area contributed by atoms with E-state index >= 15 is 0 Å². The van der Waals surface area contributed by atoms with E-state index in [1.165, 1.54) is 0 Å². The SMILES string of the molecule is CC.CC.CNc1cc(C)c(OC)c(OC)c1. The Hall–Kier alpha value is -1.38. The lowest BCUT2D eigenvalue weighted by Gasteiger charge is -2.12. The van der Waals surface area contributed by atoms with Crippen LogP contribution in [0.4, 0.5) is 5.69 Å². The van der Waals surface area contributed by atoms with Gasteiger partial charge in [-0.05, 0) is 18.6 Å². The topological polar surface area (TPSA) is 30.5 Å². The molecule has 0 amide bonds. The number of nitrogens with one attached hydrogen (secondary N) is 1. The molecule has 1 aromatic rings. The molecule has 1 aromatic carbocycles. The van der Waals surface area contributed by atoms with Crippen molar-refractivity contribution in [3.8, 4) is 11.5 Å². The Morgan fingerprint density at radius 3 is 1.82 bits per heavy atom. The van der Waals surface area contributed by atoms with E-state index in [1.807, 2.05) is 53.8 Å². The molecule has 0 aliphatic carbocycles. The minimum absolute atomic E-state index is 0.756. The fraction of sp³-hybridized carbons (Fsp3) is 0.571. The second-order valence-corrected chi connectivity index (χ2v) is 2.78. The molecule has 1 rings (SSSR count). The van der Waals surface area contributed by atoms with E-state index in [4.69, 9.17) is 9.47 Å². The number of aryl methyl sites for hydroxylation is 1. The van der Waals surface area contributed by atoms with Crippen molar-refractivity contribution in [3.05, 3.63) is 17.7 Å². The van der Waals surface area contributed by atoms with Gasteiger partial charge in [-0.15, -0.1) is 0 Å². The molecule has 1 N–H and O–H groups in total. The highest BCUT2D eigenvalue weighted by atomic mass is 16.5. The standard InChI is InChI=1S/C10H15NO2.2C2H6/c1-7-5-8(11-2)6-9(12-3)10(7)13-4;2*1-2/h5-6,11H,1-4H3;2*1-2H3. The zero-order valence-electron chi connectivity index (χ0n) is 12.5. The number of methoxy groups -OCH3 is 2. The van der Waals surface area contributed by atoms with Crippen LogP contribution in [-0.2, 0) is 0 Å². The normalized spacial score (nSPS) is 8.00. The van der Waals surface area contributed by atoms with Crippen molar-refractivity contribution in [2.24, 2.45) is 0 Å². The Kier molecular flexibility index (Phi) is 11.8. The van der Waals surface area contributed by atoms with Crippen LogP contribution in [0.1, 0.15) is 33.3 Å². The van der Waals surface area contributed by atoms with Crippen molar-refractivity contribution < 1.29 is 9.47 Å². The van der Waals surface area contributed by atoms with Gasteiger partial charge in [0, 0.05) is 18.8 Å². The van der Waals surface area contributed by atoms with Gasteiger partial charge in [-0.1, -0.05) is 27.7 Å². The number of anilines is 1. The Balaban J connectivity index is 0. The molecule has 0 aromatic heterocycles. The third kappa shape index (κ3) is 5.48.